The van der Waals surface area contributed by atoms with E-state index in [1.807, 2.05) is 0 Å². The lowest BCUT2D eigenvalue weighted by Gasteiger charge is -2.02. The number of alkyl halides is 3. The molecule has 75 valence electrons. The SMILES string of the molecule is FC(F)(F)CO/N=[C]\c1ccccc1. The fourth-order valence-corrected chi connectivity index (χ4v) is 0.703. The highest BCUT2D eigenvalue weighted by molar-refractivity contribution is 5.78. The van der Waals surface area contributed by atoms with Crippen LogP contribution in [0.15, 0.2) is 35.5 Å². The summed E-state index contributed by atoms with van der Waals surface area (Å²) in [6.07, 6.45) is -2.04. The van der Waals surface area contributed by atoms with Gasteiger partial charge < -0.3 is 4.84 Å². The summed E-state index contributed by atoms with van der Waals surface area (Å²) in [6, 6.07) is 8.53. The van der Waals surface area contributed by atoms with E-state index in [-0.39, 0.29) is 0 Å². The molecule has 0 aliphatic heterocycles. The molecule has 0 saturated heterocycles. The van der Waals surface area contributed by atoms with Crippen molar-refractivity contribution in [3.8, 4) is 0 Å². The van der Waals surface area contributed by atoms with E-state index in [1.165, 1.54) is 0 Å². The summed E-state index contributed by atoms with van der Waals surface area (Å²) in [6.45, 7) is -1.40. The number of hydrogen-bond donors (Lipinski definition) is 0. The molecular weight excluding hydrogens is 195 g/mol. The average Bonchev–Trinajstić information content (AvgIpc) is 2.13. The summed E-state index contributed by atoms with van der Waals surface area (Å²) in [7, 11) is 0. The van der Waals surface area contributed by atoms with Gasteiger partial charge in [-0.15, -0.1) is 0 Å². The molecule has 1 aromatic rings. The van der Waals surface area contributed by atoms with E-state index in [1.54, 1.807) is 30.3 Å². The Morgan fingerprint density at radius 1 is 1.21 bits per heavy atom. The van der Waals surface area contributed by atoms with Crippen LogP contribution >= 0.6 is 0 Å². The van der Waals surface area contributed by atoms with E-state index in [2.05, 4.69) is 16.2 Å². The predicted octanol–water partition coefficient (Wildman–Crippen LogP) is 2.48. The lowest BCUT2D eigenvalue weighted by Crippen LogP contribution is -2.14. The van der Waals surface area contributed by atoms with Gasteiger partial charge in [0.25, 0.3) is 0 Å². The third-order valence-corrected chi connectivity index (χ3v) is 1.24. The van der Waals surface area contributed by atoms with E-state index in [4.69, 9.17) is 0 Å². The zero-order valence-corrected chi connectivity index (χ0v) is 7.08. The molecule has 0 bridgehead atoms. The van der Waals surface area contributed by atoms with Crippen LogP contribution in [0.1, 0.15) is 5.56 Å². The zero-order chi connectivity index (χ0) is 10.4. The summed E-state index contributed by atoms with van der Waals surface area (Å²) < 4.78 is 34.7. The van der Waals surface area contributed by atoms with Gasteiger partial charge in [0.1, 0.15) is 6.21 Å². The standard InChI is InChI=1S/C9H7F3NO/c10-9(11,12)7-14-13-6-8-4-2-1-3-5-8/h1-5H,7H2. The summed E-state index contributed by atoms with van der Waals surface area (Å²) >= 11 is 0. The molecule has 14 heavy (non-hydrogen) atoms. The molecule has 0 aromatic heterocycles. The molecular formula is C9H7F3NO. The number of hydrogen-bond acceptors (Lipinski definition) is 2. The van der Waals surface area contributed by atoms with Crippen LogP contribution in [0.2, 0.25) is 0 Å². The Kier molecular flexibility index (Phi) is 3.50. The second-order valence-corrected chi connectivity index (χ2v) is 2.46. The first kappa shape index (κ1) is 10.6. The Morgan fingerprint density at radius 3 is 2.43 bits per heavy atom. The summed E-state index contributed by atoms with van der Waals surface area (Å²) in [4.78, 5) is 3.99. The number of nitrogens with zero attached hydrogens (tertiary/aromatic N) is 1. The second kappa shape index (κ2) is 4.64. The first-order valence-corrected chi connectivity index (χ1v) is 3.78. The molecule has 0 atom stereocenters. The lowest BCUT2D eigenvalue weighted by atomic mass is 10.2. The van der Waals surface area contributed by atoms with Gasteiger partial charge in [0.2, 0.25) is 6.61 Å². The highest BCUT2D eigenvalue weighted by Crippen LogP contribution is 2.14. The summed E-state index contributed by atoms with van der Waals surface area (Å²) in [5.74, 6) is 0. The van der Waals surface area contributed by atoms with Crippen LogP contribution < -0.4 is 0 Å². The van der Waals surface area contributed by atoms with Gasteiger partial charge >= 0.3 is 6.18 Å². The maximum Gasteiger partial charge on any atom is 0.425 e. The van der Waals surface area contributed by atoms with Crippen LogP contribution in [0.25, 0.3) is 0 Å². The molecule has 5 heteroatoms. The smallest absolute Gasteiger partial charge is 0.386 e. The van der Waals surface area contributed by atoms with Gasteiger partial charge in [-0.25, -0.2) is 0 Å². The van der Waals surface area contributed by atoms with Gasteiger partial charge in [0, 0.05) is 5.56 Å². The molecule has 0 unspecified atom stereocenters. The Morgan fingerprint density at radius 2 is 1.86 bits per heavy atom. The van der Waals surface area contributed by atoms with Crippen molar-refractivity contribution in [3.05, 3.63) is 35.9 Å². The molecule has 0 fully saturated rings. The van der Waals surface area contributed by atoms with Crippen LogP contribution in [0, 0.1) is 0 Å². The van der Waals surface area contributed by atoms with Gasteiger partial charge in [0.15, 0.2) is 0 Å². The molecule has 0 aliphatic carbocycles. The molecule has 1 aromatic carbocycles. The molecule has 0 aliphatic rings. The number of benzene rings is 1. The topological polar surface area (TPSA) is 21.6 Å². The monoisotopic (exact) mass is 202 g/mol. The Labute approximate surface area is 79.0 Å². The zero-order valence-electron chi connectivity index (χ0n) is 7.08. The summed E-state index contributed by atoms with van der Waals surface area (Å²) in [5.41, 5.74) is 0.565. The molecule has 0 spiro atoms. The Hall–Kier alpha value is -1.52. The maximum atomic E-state index is 11.6. The van der Waals surface area contributed by atoms with E-state index >= 15 is 0 Å². The van der Waals surface area contributed by atoms with Crippen molar-refractivity contribution in [1.82, 2.24) is 0 Å². The van der Waals surface area contributed by atoms with Crippen molar-refractivity contribution >= 4 is 6.21 Å². The first-order chi connectivity index (χ1) is 6.58. The lowest BCUT2D eigenvalue weighted by molar-refractivity contribution is -0.173. The first-order valence-electron chi connectivity index (χ1n) is 3.78. The van der Waals surface area contributed by atoms with Gasteiger partial charge in [-0.1, -0.05) is 35.5 Å². The minimum Gasteiger partial charge on any atom is -0.386 e. The molecule has 0 amide bonds. The Bertz CT molecular complexity index is 295. The predicted molar refractivity (Wildman–Crippen MR) is 45.0 cm³/mol. The quantitative estimate of drug-likeness (QED) is 0.545. The minimum absolute atomic E-state index is 0.565. The van der Waals surface area contributed by atoms with E-state index in [0.717, 1.165) is 0 Å². The second-order valence-electron chi connectivity index (χ2n) is 2.46. The third-order valence-electron chi connectivity index (χ3n) is 1.24. The van der Waals surface area contributed by atoms with Crippen LogP contribution in [-0.4, -0.2) is 19.0 Å². The molecule has 0 N–H and O–H groups in total. The van der Waals surface area contributed by atoms with E-state index in [9.17, 15) is 13.2 Å². The minimum atomic E-state index is -4.36. The number of rotatable bonds is 3. The molecule has 0 heterocycles. The average molecular weight is 202 g/mol. The molecule has 1 rings (SSSR count). The van der Waals surface area contributed by atoms with Gasteiger partial charge in [-0.3, -0.25) is 0 Å². The molecule has 1 radical (unpaired) electrons. The fourth-order valence-electron chi connectivity index (χ4n) is 0.703. The van der Waals surface area contributed by atoms with Crippen molar-refractivity contribution in [2.24, 2.45) is 5.16 Å². The third kappa shape index (κ3) is 4.49. The van der Waals surface area contributed by atoms with Gasteiger partial charge in [-0.05, 0) is 0 Å². The largest absolute Gasteiger partial charge is 0.425 e. The van der Waals surface area contributed by atoms with Gasteiger partial charge in [0.05, 0.1) is 0 Å². The van der Waals surface area contributed by atoms with Crippen molar-refractivity contribution in [2.75, 3.05) is 6.61 Å². The van der Waals surface area contributed by atoms with Crippen LogP contribution in [0.5, 0.6) is 0 Å². The molecule has 2 nitrogen and oxygen atoms in total. The van der Waals surface area contributed by atoms with Crippen LogP contribution in [0.3, 0.4) is 0 Å². The highest BCUT2D eigenvalue weighted by Gasteiger charge is 2.28. The van der Waals surface area contributed by atoms with Crippen molar-refractivity contribution < 1.29 is 18.0 Å². The van der Waals surface area contributed by atoms with Gasteiger partial charge in [-0.2, -0.15) is 13.2 Å². The fraction of sp³-hybridized carbons (Fsp3) is 0.222. The normalized spacial score (nSPS) is 11.9. The molecule has 0 saturated carbocycles. The van der Waals surface area contributed by atoms with Crippen molar-refractivity contribution in [1.29, 1.82) is 0 Å². The van der Waals surface area contributed by atoms with Crippen LogP contribution in [0.4, 0.5) is 13.2 Å². The summed E-state index contributed by atoms with van der Waals surface area (Å²) in [5, 5.41) is 3.06. The van der Waals surface area contributed by atoms with Crippen LogP contribution in [-0.2, 0) is 4.84 Å². The van der Waals surface area contributed by atoms with E-state index in [0.29, 0.717) is 5.56 Å². The number of halogens is 3. The van der Waals surface area contributed by atoms with Crippen molar-refractivity contribution in [2.45, 2.75) is 6.18 Å². The highest BCUT2D eigenvalue weighted by atomic mass is 19.4. The van der Waals surface area contributed by atoms with E-state index < -0.39 is 12.8 Å². The maximum absolute atomic E-state index is 11.6. The Balaban J connectivity index is 2.35. The van der Waals surface area contributed by atoms with Crippen molar-refractivity contribution in [3.63, 3.8) is 0 Å².